The number of hydrogen-bond acceptors (Lipinski definition) is 3. The maximum Gasteiger partial charge on any atom is 0.200 e. The van der Waals surface area contributed by atoms with E-state index in [-0.39, 0.29) is 10.2 Å². The van der Waals surface area contributed by atoms with Gasteiger partial charge < -0.3 is 10.2 Å². The molecule has 1 atom stereocenters. The Bertz CT molecular complexity index is 283. The molecule has 1 heterocycles. The topological polar surface area (TPSA) is 63.0 Å². The van der Waals surface area contributed by atoms with Crippen LogP contribution in [0.15, 0.2) is 10.7 Å². The van der Waals surface area contributed by atoms with Crippen molar-refractivity contribution in [2.24, 2.45) is 5.73 Å². The summed E-state index contributed by atoms with van der Waals surface area (Å²) < 4.78 is 4.72. The van der Waals surface area contributed by atoms with E-state index in [9.17, 15) is 0 Å². The monoisotopic (exact) mass is 190 g/mol. The van der Waals surface area contributed by atoms with Gasteiger partial charge in [0.05, 0.1) is 16.7 Å². The van der Waals surface area contributed by atoms with Crippen LogP contribution in [0, 0.1) is 11.3 Å². The maximum atomic E-state index is 8.42. The predicted octanol–water partition coefficient (Wildman–Crippen LogP) is 2.11. The van der Waals surface area contributed by atoms with Crippen molar-refractivity contribution in [3.05, 3.63) is 22.1 Å². The first-order valence-electron chi connectivity index (χ1n) is 2.74. The Balaban J connectivity index is 3.12. The minimum Gasteiger partial charge on any atom is -0.451 e. The van der Waals surface area contributed by atoms with Crippen molar-refractivity contribution in [1.29, 1.82) is 5.26 Å². The van der Waals surface area contributed by atoms with Crippen molar-refractivity contribution in [3.63, 3.8) is 0 Å². The minimum absolute atomic E-state index is 0.0732. The summed E-state index contributed by atoms with van der Waals surface area (Å²) in [5.41, 5.74) is 5.69. The number of halogens is 2. The fourth-order valence-electron chi connectivity index (χ4n) is 0.660. The Labute approximate surface area is 73.3 Å². The number of hydrogen-bond donors (Lipinski definition) is 1. The lowest BCUT2D eigenvalue weighted by molar-refractivity contribution is 0.565. The van der Waals surface area contributed by atoms with Crippen LogP contribution < -0.4 is 5.73 Å². The van der Waals surface area contributed by atoms with Gasteiger partial charge in [0, 0.05) is 0 Å². The van der Waals surface area contributed by atoms with Crippen LogP contribution in [0.25, 0.3) is 0 Å². The fourth-order valence-corrected chi connectivity index (χ4v) is 1.22. The molecule has 0 aliphatic rings. The summed E-state index contributed by atoms with van der Waals surface area (Å²) in [6.45, 7) is 0. The Morgan fingerprint density at radius 3 is 2.64 bits per heavy atom. The van der Waals surface area contributed by atoms with Crippen molar-refractivity contribution in [2.75, 3.05) is 0 Å². The Morgan fingerprint density at radius 2 is 2.27 bits per heavy atom. The molecule has 0 saturated heterocycles. The molecular formula is C6H4Cl2N2O. The molecule has 5 heteroatoms. The van der Waals surface area contributed by atoms with Gasteiger partial charge in [-0.25, -0.2) is 0 Å². The van der Waals surface area contributed by atoms with E-state index in [1.54, 1.807) is 6.07 Å². The second-order valence-corrected chi connectivity index (χ2v) is 2.63. The smallest absolute Gasteiger partial charge is 0.200 e. The Morgan fingerprint density at radius 1 is 1.64 bits per heavy atom. The molecule has 0 aromatic carbocycles. The molecule has 58 valence electrons. The molecule has 0 spiro atoms. The van der Waals surface area contributed by atoms with Gasteiger partial charge in [-0.3, -0.25) is 0 Å². The Kier molecular flexibility index (Phi) is 2.40. The summed E-state index contributed by atoms with van der Waals surface area (Å²) in [7, 11) is 0. The lowest BCUT2D eigenvalue weighted by atomic mass is 10.2. The van der Waals surface area contributed by atoms with Gasteiger partial charge in [-0.1, -0.05) is 11.6 Å². The van der Waals surface area contributed by atoms with Gasteiger partial charge in [-0.05, 0) is 11.6 Å². The van der Waals surface area contributed by atoms with Crippen LogP contribution in [-0.2, 0) is 0 Å². The number of nitrogens with zero attached hydrogens (tertiary/aromatic N) is 1. The van der Waals surface area contributed by atoms with E-state index in [0.29, 0.717) is 5.56 Å². The summed E-state index contributed by atoms with van der Waals surface area (Å²) in [5.74, 6) is 0. The zero-order valence-corrected chi connectivity index (χ0v) is 6.86. The van der Waals surface area contributed by atoms with Crippen LogP contribution in [0.3, 0.4) is 0 Å². The maximum absolute atomic E-state index is 8.42. The highest BCUT2D eigenvalue weighted by molar-refractivity contribution is 6.35. The van der Waals surface area contributed by atoms with E-state index < -0.39 is 6.04 Å². The molecule has 1 rings (SSSR count). The number of nitrogens with two attached hydrogens (primary N) is 1. The predicted molar refractivity (Wildman–Crippen MR) is 41.3 cm³/mol. The van der Waals surface area contributed by atoms with E-state index in [2.05, 4.69) is 0 Å². The Hall–Kier alpha value is -0.690. The zero-order chi connectivity index (χ0) is 8.43. The lowest BCUT2D eigenvalue weighted by Gasteiger charge is -1.97. The molecule has 2 N–H and O–H groups in total. The highest BCUT2D eigenvalue weighted by atomic mass is 35.5. The summed E-state index contributed by atoms with van der Waals surface area (Å²) in [4.78, 5) is 0. The highest BCUT2D eigenvalue weighted by Gasteiger charge is 2.16. The second kappa shape index (κ2) is 3.14. The largest absolute Gasteiger partial charge is 0.451 e. The van der Waals surface area contributed by atoms with Crippen molar-refractivity contribution < 1.29 is 4.42 Å². The van der Waals surface area contributed by atoms with Crippen molar-refractivity contribution in [2.45, 2.75) is 6.04 Å². The molecule has 1 aromatic heterocycles. The SMILES string of the molecule is N#CC(N)c1c(Cl)coc1Cl. The standard InChI is InChI=1S/C6H4Cl2N2O/c7-3-2-11-6(8)5(3)4(10)1-9/h2,4H,10H2. The van der Waals surface area contributed by atoms with Gasteiger partial charge in [0.1, 0.15) is 12.3 Å². The van der Waals surface area contributed by atoms with Crippen LogP contribution in [0.5, 0.6) is 0 Å². The lowest BCUT2D eigenvalue weighted by Crippen LogP contribution is -2.06. The summed E-state index contributed by atoms with van der Waals surface area (Å²) in [5, 5.41) is 8.78. The average molecular weight is 191 g/mol. The number of furan rings is 1. The van der Waals surface area contributed by atoms with Crippen LogP contribution >= 0.6 is 23.2 Å². The van der Waals surface area contributed by atoms with Gasteiger partial charge in [0.15, 0.2) is 5.22 Å². The van der Waals surface area contributed by atoms with Gasteiger partial charge >= 0.3 is 0 Å². The van der Waals surface area contributed by atoms with Gasteiger partial charge in [0.2, 0.25) is 0 Å². The van der Waals surface area contributed by atoms with Gasteiger partial charge in [-0.2, -0.15) is 5.26 Å². The molecule has 0 fully saturated rings. The molecule has 0 aliphatic carbocycles. The zero-order valence-electron chi connectivity index (χ0n) is 5.34. The summed E-state index contributed by atoms with van der Waals surface area (Å²) in [6, 6.07) is 0.973. The van der Waals surface area contributed by atoms with E-state index >= 15 is 0 Å². The van der Waals surface area contributed by atoms with Crippen molar-refractivity contribution in [1.82, 2.24) is 0 Å². The van der Waals surface area contributed by atoms with Crippen LogP contribution in [0.2, 0.25) is 10.2 Å². The van der Waals surface area contributed by atoms with Gasteiger partial charge in [0.25, 0.3) is 0 Å². The third-order valence-corrected chi connectivity index (χ3v) is 1.77. The van der Waals surface area contributed by atoms with Crippen LogP contribution in [-0.4, -0.2) is 0 Å². The summed E-state index contributed by atoms with van der Waals surface area (Å²) in [6.07, 6.45) is 1.25. The quantitative estimate of drug-likeness (QED) is 0.739. The van der Waals surface area contributed by atoms with E-state index in [0.717, 1.165) is 0 Å². The van der Waals surface area contributed by atoms with Crippen LogP contribution in [0.1, 0.15) is 11.6 Å². The molecule has 0 radical (unpaired) electrons. The van der Waals surface area contributed by atoms with Crippen molar-refractivity contribution >= 4 is 23.2 Å². The molecule has 1 aromatic rings. The molecule has 11 heavy (non-hydrogen) atoms. The second-order valence-electron chi connectivity index (χ2n) is 1.88. The minimum atomic E-state index is -0.825. The molecular weight excluding hydrogens is 187 g/mol. The number of nitriles is 1. The third kappa shape index (κ3) is 1.48. The highest BCUT2D eigenvalue weighted by Crippen LogP contribution is 2.30. The van der Waals surface area contributed by atoms with E-state index in [1.807, 2.05) is 0 Å². The van der Waals surface area contributed by atoms with E-state index in [4.69, 9.17) is 38.6 Å². The normalized spacial score (nSPS) is 12.5. The van der Waals surface area contributed by atoms with E-state index in [1.165, 1.54) is 6.26 Å². The molecule has 0 aliphatic heterocycles. The average Bonchev–Trinajstić information content (AvgIpc) is 2.30. The third-order valence-electron chi connectivity index (χ3n) is 1.19. The first-order valence-corrected chi connectivity index (χ1v) is 3.50. The van der Waals surface area contributed by atoms with Crippen molar-refractivity contribution in [3.8, 4) is 6.07 Å². The fraction of sp³-hybridized carbons (Fsp3) is 0.167. The molecule has 0 amide bonds. The molecule has 0 bridgehead atoms. The molecule has 0 saturated carbocycles. The van der Waals surface area contributed by atoms with Crippen LogP contribution in [0.4, 0.5) is 0 Å². The van der Waals surface area contributed by atoms with Gasteiger partial charge in [-0.15, -0.1) is 0 Å². The molecule has 1 unspecified atom stereocenters. The number of rotatable bonds is 1. The first kappa shape index (κ1) is 8.41. The first-order chi connectivity index (χ1) is 5.16. The summed E-state index contributed by atoms with van der Waals surface area (Å²) >= 11 is 11.1. The molecule has 3 nitrogen and oxygen atoms in total.